The van der Waals surface area contributed by atoms with E-state index < -0.39 is 0 Å². The van der Waals surface area contributed by atoms with E-state index in [4.69, 9.17) is 0 Å². The minimum atomic E-state index is -0.0313. The van der Waals surface area contributed by atoms with E-state index in [1.165, 1.54) is 5.56 Å². The van der Waals surface area contributed by atoms with Crippen molar-refractivity contribution in [2.45, 2.75) is 19.5 Å². The highest BCUT2D eigenvalue weighted by atomic mass is 16.2. The van der Waals surface area contributed by atoms with Crippen LogP contribution >= 0.6 is 0 Å². The van der Waals surface area contributed by atoms with Crippen LogP contribution in [0.4, 0.5) is 5.82 Å². The van der Waals surface area contributed by atoms with E-state index in [1.807, 2.05) is 45.4 Å². The van der Waals surface area contributed by atoms with E-state index in [0.717, 1.165) is 36.7 Å². The van der Waals surface area contributed by atoms with Crippen molar-refractivity contribution in [3.05, 3.63) is 77.2 Å². The first-order valence-corrected chi connectivity index (χ1v) is 10.3. The lowest BCUT2D eigenvalue weighted by atomic mass is 10.0. The van der Waals surface area contributed by atoms with Crippen molar-refractivity contribution >= 4 is 11.7 Å². The molecule has 1 saturated heterocycles. The smallest absolute Gasteiger partial charge is 0.257 e. The Morgan fingerprint density at radius 3 is 2.77 bits per heavy atom. The molecule has 1 atom stereocenters. The van der Waals surface area contributed by atoms with E-state index in [9.17, 15) is 4.79 Å². The molecule has 4 rings (SSSR count). The third kappa shape index (κ3) is 4.21. The predicted octanol–water partition coefficient (Wildman–Crippen LogP) is 2.55. The molecule has 0 radical (unpaired) electrons. The van der Waals surface area contributed by atoms with Crippen LogP contribution in [0.1, 0.15) is 33.2 Å². The number of nitrogens with one attached hydrogen (secondary N) is 1. The van der Waals surface area contributed by atoms with E-state index in [0.29, 0.717) is 12.1 Å². The van der Waals surface area contributed by atoms with Gasteiger partial charge in [-0.05, 0) is 24.6 Å². The number of hydrogen-bond donors (Lipinski definition) is 1. The number of pyridine rings is 1. The van der Waals surface area contributed by atoms with Crippen LogP contribution in [0.25, 0.3) is 0 Å². The SMILES string of the molecule is Cc1nn(C)cc1CN(C)C(=O)c1cccnc1N1CCN[C@H](c2ccccc2)C1. The molecule has 0 aliphatic carbocycles. The summed E-state index contributed by atoms with van der Waals surface area (Å²) in [7, 11) is 3.72. The predicted molar refractivity (Wildman–Crippen MR) is 117 cm³/mol. The van der Waals surface area contributed by atoms with Crippen LogP contribution in [0.2, 0.25) is 0 Å². The van der Waals surface area contributed by atoms with Gasteiger partial charge in [-0.15, -0.1) is 0 Å². The first-order chi connectivity index (χ1) is 14.5. The number of anilines is 1. The number of aromatic nitrogens is 3. The van der Waals surface area contributed by atoms with Gasteiger partial charge in [-0.25, -0.2) is 4.98 Å². The van der Waals surface area contributed by atoms with Crippen LogP contribution in [-0.2, 0) is 13.6 Å². The lowest BCUT2D eigenvalue weighted by molar-refractivity contribution is 0.0785. The van der Waals surface area contributed by atoms with E-state index in [2.05, 4.69) is 44.6 Å². The van der Waals surface area contributed by atoms with Crippen molar-refractivity contribution in [1.82, 2.24) is 25.0 Å². The van der Waals surface area contributed by atoms with Crippen molar-refractivity contribution in [2.24, 2.45) is 7.05 Å². The molecule has 156 valence electrons. The lowest BCUT2D eigenvalue weighted by Gasteiger charge is -2.35. The third-order valence-electron chi connectivity index (χ3n) is 5.56. The van der Waals surface area contributed by atoms with Crippen molar-refractivity contribution < 1.29 is 4.79 Å². The molecule has 0 spiro atoms. The summed E-state index contributed by atoms with van der Waals surface area (Å²) >= 11 is 0. The van der Waals surface area contributed by atoms with Crippen molar-refractivity contribution in [3.63, 3.8) is 0 Å². The Hall–Kier alpha value is -3.19. The van der Waals surface area contributed by atoms with Gasteiger partial charge < -0.3 is 15.1 Å². The molecule has 3 aromatic rings. The highest BCUT2D eigenvalue weighted by molar-refractivity contribution is 5.98. The Morgan fingerprint density at radius 2 is 2.03 bits per heavy atom. The second-order valence-corrected chi connectivity index (χ2v) is 7.81. The second kappa shape index (κ2) is 8.67. The van der Waals surface area contributed by atoms with Crippen molar-refractivity contribution in [2.75, 3.05) is 31.6 Å². The summed E-state index contributed by atoms with van der Waals surface area (Å²) in [6.07, 6.45) is 3.72. The molecule has 7 heteroatoms. The minimum absolute atomic E-state index is 0.0313. The summed E-state index contributed by atoms with van der Waals surface area (Å²) in [6, 6.07) is 14.3. The van der Waals surface area contributed by atoms with Crippen LogP contribution in [0, 0.1) is 6.92 Å². The monoisotopic (exact) mass is 404 g/mol. The summed E-state index contributed by atoms with van der Waals surface area (Å²) in [5.74, 6) is 0.718. The Labute approximate surface area is 177 Å². The average Bonchev–Trinajstić information content (AvgIpc) is 3.10. The number of piperazine rings is 1. The number of carbonyl (C=O) groups excluding carboxylic acids is 1. The Morgan fingerprint density at radius 1 is 1.23 bits per heavy atom. The van der Waals surface area contributed by atoms with Crippen LogP contribution in [-0.4, -0.2) is 52.3 Å². The molecule has 0 unspecified atom stereocenters. The molecule has 1 aliphatic heterocycles. The molecule has 1 fully saturated rings. The van der Waals surface area contributed by atoms with E-state index >= 15 is 0 Å². The van der Waals surface area contributed by atoms with Crippen molar-refractivity contribution in [3.8, 4) is 0 Å². The summed E-state index contributed by atoms with van der Waals surface area (Å²) in [4.78, 5) is 21.8. The molecular formula is C23H28N6O. The molecule has 1 aliphatic rings. The van der Waals surface area contributed by atoms with Gasteiger partial charge in [-0.3, -0.25) is 9.48 Å². The molecular weight excluding hydrogens is 376 g/mol. The Kier molecular flexibility index (Phi) is 5.81. The van der Waals surface area contributed by atoms with Crippen molar-refractivity contribution in [1.29, 1.82) is 0 Å². The number of nitrogens with zero attached hydrogens (tertiary/aromatic N) is 5. The normalized spacial score (nSPS) is 16.5. The van der Waals surface area contributed by atoms with E-state index in [1.54, 1.807) is 15.8 Å². The maximum atomic E-state index is 13.3. The Balaban J connectivity index is 1.54. The van der Waals surface area contributed by atoms with E-state index in [-0.39, 0.29) is 11.9 Å². The molecule has 0 bridgehead atoms. The largest absolute Gasteiger partial charge is 0.353 e. The van der Waals surface area contributed by atoms with Gasteiger partial charge in [0, 0.05) is 64.3 Å². The maximum Gasteiger partial charge on any atom is 0.257 e. The standard InChI is InChI=1S/C23H28N6O/c1-17-19(15-28(3)26-17)14-27(2)23(30)20-10-7-11-25-22(20)29-13-12-24-21(16-29)18-8-5-4-6-9-18/h4-11,15,21,24H,12-14,16H2,1-3H3/t21-/m0/s1. The fourth-order valence-electron chi connectivity index (χ4n) is 4.00. The molecule has 30 heavy (non-hydrogen) atoms. The second-order valence-electron chi connectivity index (χ2n) is 7.81. The molecule has 1 N–H and O–H groups in total. The quantitative estimate of drug-likeness (QED) is 0.708. The van der Waals surface area contributed by atoms with Crippen LogP contribution < -0.4 is 10.2 Å². The summed E-state index contributed by atoms with van der Waals surface area (Å²) in [6.45, 7) is 4.90. The lowest BCUT2D eigenvalue weighted by Crippen LogP contribution is -2.47. The minimum Gasteiger partial charge on any atom is -0.353 e. The third-order valence-corrected chi connectivity index (χ3v) is 5.56. The fraction of sp³-hybridized carbons (Fsp3) is 0.348. The zero-order valence-electron chi connectivity index (χ0n) is 17.7. The zero-order valence-corrected chi connectivity index (χ0v) is 17.7. The number of benzene rings is 1. The van der Waals surface area contributed by atoms with Gasteiger partial charge >= 0.3 is 0 Å². The average molecular weight is 405 g/mol. The highest BCUT2D eigenvalue weighted by Crippen LogP contribution is 2.25. The molecule has 7 nitrogen and oxygen atoms in total. The number of hydrogen-bond acceptors (Lipinski definition) is 5. The van der Waals surface area contributed by atoms with Gasteiger partial charge in [-0.2, -0.15) is 5.10 Å². The van der Waals surface area contributed by atoms with Gasteiger partial charge in [0.2, 0.25) is 0 Å². The molecule has 3 heterocycles. The van der Waals surface area contributed by atoms with Gasteiger partial charge in [0.1, 0.15) is 5.82 Å². The first-order valence-electron chi connectivity index (χ1n) is 10.3. The van der Waals surface area contributed by atoms with Crippen LogP contribution in [0.3, 0.4) is 0 Å². The highest BCUT2D eigenvalue weighted by Gasteiger charge is 2.26. The number of rotatable bonds is 5. The topological polar surface area (TPSA) is 66.3 Å². The van der Waals surface area contributed by atoms with Gasteiger partial charge in [-0.1, -0.05) is 30.3 Å². The first kappa shape index (κ1) is 20.1. The summed E-state index contributed by atoms with van der Waals surface area (Å²) in [5, 5.41) is 7.95. The fourth-order valence-corrected chi connectivity index (χ4v) is 4.00. The number of aryl methyl sites for hydroxylation is 2. The van der Waals surface area contributed by atoms with Gasteiger partial charge in [0.05, 0.1) is 11.3 Å². The number of amides is 1. The molecule has 1 amide bonds. The summed E-state index contributed by atoms with van der Waals surface area (Å²) in [5.41, 5.74) is 3.87. The van der Waals surface area contributed by atoms with Crippen LogP contribution in [0.5, 0.6) is 0 Å². The van der Waals surface area contributed by atoms with Gasteiger partial charge in [0.15, 0.2) is 0 Å². The zero-order chi connectivity index (χ0) is 21.1. The summed E-state index contributed by atoms with van der Waals surface area (Å²) < 4.78 is 1.78. The molecule has 0 saturated carbocycles. The number of carbonyl (C=O) groups is 1. The van der Waals surface area contributed by atoms with Gasteiger partial charge in [0.25, 0.3) is 5.91 Å². The van der Waals surface area contributed by atoms with Crippen LogP contribution in [0.15, 0.2) is 54.9 Å². The molecule has 1 aromatic carbocycles. The molecule has 2 aromatic heterocycles. The Bertz CT molecular complexity index is 1020. The maximum absolute atomic E-state index is 13.3.